The molecule has 3 heterocycles. The van der Waals surface area contributed by atoms with Gasteiger partial charge in [0.05, 0.1) is 23.0 Å². The number of nitrogens with zero attached hydrogens (tertiary/aromatic N) is 5. The van der Waals surface area contributed by atoms with Gasteiger partial charge in [-0.2, -0.15) is 0 Å². The molecule has 0 saturated heterocycles. The average Bonchev–Trinajstić information content (AvgIpc) is 3.15. The van der Waals surface area contributed by atoms with Crippen molar-refractivity contribution in [3.63, 3.8) is 0 Å². The lowest BCUT2D eigenvalue weighted by Gasteiger charge is -2.19. The molecule has 4 rings (SSSR count). The molecule has 1 aromatic carbocycles. The first-order valence-electron chi connectivity index (χ1n) is 8.47. The summed E-state index contributed by atoms with van der Waals surface area (Å²) < 4.78 is 1.05. The summed E-state index contributed by atoms with van der Waals surface area (Å²) in [6.07, 6.45) is 8.00. The van der Waals surface area contributed by atoms with Gasteiger partial charge in [-0.05, 0) is 42.7 Å². The molecule has 0 aliphatic rings. The lowest BCUT2D eigenvalue weighted by molar-refractivity contribution is 0.0980. The van der Waals surface area contributed by atoms with Gasteiger partial charge < -0.3 is 0 Å². The van der Waals surface area contributed by atoms with E-state index < -0.39 is 0 Å². The summed E-state index contributed by atoms with van der Waals surface area (Å²) in [5, 5.41) is 0.637. The fraction of sp³-hybridized carbons (Fsp3) is 0.150. The van der Waals surface area contributed by atoms with E-state index in [1.54, 1.807) is 23.5 Å². The third kappa shape index (κ3) is 3.41. The third-order valence-electron chi connectivity index (χ3n) is 4.40. The third-order valence-corrected chi connectivity index (χ3v) is 5.44. The summed E-state index contributed by atoms with van der Waals surface area (Å²) >= 11 is 1.50. The molecule has 4 aromatic rings. The predicted octanol–water partition coefficient (Wildman–Crippen LogP) is 3.95. The van der Waals surface area contributed by atoms with Gasteiger partial charge in [0.15, 0.2) is 5.13 Å². The monoisotopic (exact) mass is 375 g/mol. The Hall–Kier alpha value is -3.19. The number of carbonyl (C=O) groups excluding carboxylic acids is 1. The Bertz CT molecular complexity index is 1100. The molecule has 134 valence electrons. The lowest BCUT2D eigenvalue weighted by Crippen LogP contribution is -2.31. The second kappa shape index (κ2) is 7.20. The summed E-state index contributed by atoms with van der Waals surface area (Å²) in [4.78, 5) is 31.9. The standard InChI is InChI=1S/C20H17N5OS/c1-13-5-6-17-18(14(13)2)24-20(27-17)25(12-15-4-3-7-21-10-15)19(26)16-11-22-8-9-23-16/h3-11H,12H2,1-2H3. The molecular formula is C20H17N5OS. The van der Waals surface area contributed by atoms with Crippen LogP contribution in [0, 0.1) is 13.8 Å². The van der Waals surface area contributed by atoms with Crippen LogP contribution in [-0.4, -0.2) is 25.8 Å². The Morgan fingerprint density at radius 1 is 1.07 bits per heavy atom. The van der Waals surface area contributed by atoms with Crippen LogP contribution in [0.4, 0.5) is 5.13 Å². The molecule has 0 atom stereocenters. The number of rotatable bonds is 4. The highest BCUT2D eigenvalue weighted by Gasteiger charge is 2.23. The zero-order valence-electron chi connectivity index (χ0n) is 15.0. The molecule has 1 amide bonds. The number of aromatic nitrogens is 4. The Balaban J connectivity index is 1.80. The number of fused-ring (bicyclic) bond motifs is 1. The first-order valence-corrected chi connectivity index (χ1v) is 9.28. The smallest absolute Gasteiger partial charge is 0.278 e. The van der Waals surface area contributed by atoms with Crippen LogP contribution in [0.1, 0.15) is 27.2 Å². The molecular weight excluding hydrogens is 358 g/mol. The number of amides is 1. The van der Waals surface area contributed by atoms with E-state index in [1.165, 1.54) is 29.3 Å². The van der Waals surface area contributed by atoms with E-state index in [4.69, 9.17) is 4.98 Å². The number of aryl methyl sites for hydroxylation is 2. The normalized spacial score (nSPS) is 10.9. The van der Waals surface area contributed by atoms with Gasteiger partial charge in [0, 0.05) is 24.8 Å². The quantitative estimate of drug-likeness (QED) is 0.540. The van der Waals surface area contributed by atoms with Gasteiger partial charge in [0.25, 0.3) is 5.91 Å². The first kappa shape index (κ1) is 17.2. The minimum absolute atomic E-state index is 0.236. The fourth-order valence-electron chi connectivity index (χ4n) is 2.78. The average molecular weight is 375 g/mol. The molecule has 7 heteroatoms. The molecule has 0 spiro atoms. The Morgan fingerprint density at radius 2 is 1.93 bits per heavy atom. The molecule has 0 radical (unpaired) electrons. The van der Waals surface area contributed by atoms with Crippen molar-refractivity contribution in [2.45, 2.75) is 20.4 Å². The summed E-state index contributed by atoms with van der Waals surface area (Å²) in [5.41, 5.74) is 4.44. The SMILES string of the molecule is Cc1ccc2sc(N(Cc3cccnc3)C(=O)c3cnccn3)nc2c1C. The number of anilines is 1. The highest BCUT2D eigenvalue weighted by molar-refractivity contribution is 7.22. The van der Waals surface area contributed by atoms with Crippen molar-refractivity contribution in [1.29, 1.82) is 0 Å². The van der Waals surface area contributed by atoms with Crippen LogP contribution in [0.25, 0.3) is 10.2 Å². The maximum absolute atomic E-state index is 13.1. The van der Waals surface area contributed by atoms with Gasteiger partial charge in [-0.25, -0.2) is 9.97 Å². The first-order chi connectivity index (χ1) is 13.1. The van der Waals surface area contributed by atoms with E-state index in [-0.39, 0.29) is 11.6 Å². The molecule has 0 aliphatic carbocycles. The second-order valence-corrected chi connectivity index (χ2v) is 7.20. The van der Waals surface area contributed by atoms with Crippen molar-refractivity contribution >= 4 is 32.6 Å². The topological polar surface area (TPSA) is 71.9 Å². The van der Waals surface area contributed by atoms with Crippen LogP contribution in [0.3, 0.4) is 0 Å². The summed E-state index contributed by atoms with van der Waals surface area (Å²) in [6.45, 7) is 4.48. The number of thiazole rings is 1. The molecule has 0 aliphatic heterocycles. The van der Waals surface area contributed by atoms with Gasteiger partial charge >= 0.3 is 0 Å². The van der Waals surface area contributed by atoms with E-state index in [2.05, 4.69) is 34.9 Å². The van der Waals surface area contributed by atoms with Crippen LogP contribution in [0.5, 0.6) is 0 Å². The van der Waals surface area contributed by atoms with E-state index >= 15 is 0 Å². The van der Waals surface area contributed by atoms with Crippen molar-refractivity contribution in [3.05, 3.63) is 77.6 Å². The largest absolute Gasteiger partial charge is 0.280 e. The maximum Gasteiger partial charge on any atom is 0.280 e. The molecule has 6 nitrogen and oxygen atoms in total. The van der Waals surface area contributed by atoms with Gasteiger partial charge in [-0.3, -0.25) is 19.7 Å². The minimum atomic E-state index is -0.236. The highest BCUT2D eigenvalue weighted by Crippen LogP contribution is 2.33. The maximum atomic E-state index is 13.1. The number of hydrogen-bond acceptors (Lipinski definition) is 6. The molecule has 27 heavy (non-hydrogen) atoms. The van der Waals surface area contributed by atoms with Crippen LogP contribution < -0.4 is 4.90 Å². The lowest BCUT2D eigenvalue weighted by atomic mass is 10.1. The molecule has 3 aromatic heterocycles. The van der Waals surface area contributed by atoms with Crippen molar-refractivity contribution in [3.8, 4) is 0 Å². The van der Waals surface area contributed by atoms with Gasteiger partial charge in [0.1, 0.15) is 5.69 Å². The van der Waals surface area contributed by atoms with Crippen molar-refractivity contribution in [1.82, 2.24) is 19.9 Å². The van der Waals surface area contributed by atoms with Gasteiger partial charge in [-0.15, -0.1) is 0 Å². The number of benzene rings is 1. The molecule has 0 saturated carbocycles. The van der Waals surface area contributed by atoms with E-state index in [9.17, 15) is 4.79 Å². The Kier molecular flexibility index (Phi) is 4.60. The van der Waals surface area contributed by atoms with Crippen LogP contribution in [0.2, 0.25) is 0 Å². The van der Waals surface area contributed by atoms with Gasteiger partial charge in [0.2, 0.25) is 0 Å². The highest BCUT2D eigenvalue weighted by atomic mass is 32.1. The zero-order valence-corrected chi connectivity index (χ0v) is 15.8. The number of carbonyl (C=O) groups is 1. The van der Waals surface area contributed by atoms with Crippen molar-refractivity contribution in [2.24, 2.45) is 0 Å². The number of hydrogen-bond donors (Lipinski definition) is 0. The van der Waals surface area contributed by atoms with Crippen LogP contribution >= 0.6 is 11.3 Å². The molecule has 0 unspecified atom stereocenters. The molecule has 0 fully saturated rings. The minimum Gasteiger partial charge on any atom is -0.278 e. The van der Waals surface area contributed by atoms with E-state index in [0.717, 1.165) is 21.3 Å². The molecule has 0 bridgehead atoms. The summed E-state index contributed by atoms with van der Waals surface area (Å²) in [5.74, 6) is -0.236. The summed E-state index contributed by atoms with van der Waals surface area (Å²) in [6, 6.07) is 7.92. The second-order valence-electron chi connectivity index (χ2n) is 6.19. The van der Waals surface area contributed by atoms with E-state index in [1.807, 2.05) is 18.2 Å². The fourth-order valence-corrected chi connectivity index (χ4v) is 3.80. The van der Waals surface area contributed by atoms with Gasteiger partial charge in [-0.1, -0.05) is 23.5 Å². The van der Waals surface area contributed by atoms with Crippen LogP contribution in [-0.2, 0) is 6.54 Å². The Labute approximate surface area is 160 Å². The Morgan fingerprint density at radius 3 is 2.67 bits per heavy atom. The van der Waals surface area contributed by atoms with Crippen molar-refractivity contribution in [2.75, 3.05) is 4.90 Å². The predicted molar refractivity (Wildman–Crippen MR) is 106 cm³/mol. The zero-order chi connectivity index (χ0) is 18.8. The van der Waals surface area contributed by atoms with Crippen LogP contribution in [0.15, 0.2) is 55.2 Å². The summed E-state index contributed by atoms with van der Waals surface area (Å²) in [7, 11) is 0. The number of pyridine rings is 1. The van der Waals surface area contributed by atoms with Crippen molar-refractivity contribution < 1.29 is 4.79 Å². The van der Waals surface area contributed by atoms with E-state index in [0.29, 0.717) is 11.7 Å². The molecule has 0 N–H and O–H groups in total.